The van der Waals surface area contributed by atoms with Crippen LogP contribution >= 0.6 is 0 Å². The lowest BCUT2D eigenvalue weighted by Crippen LogP contribution is -2.46. The van der Waals surface area contributed by atoms with Gasteiger partial charge in [-0.3, -0.25) is 4.79 Å². The lowest BCUT2D eigenvalue weighted by Gasteiger charge is -2.13. The lowest BCUT2D eigenvalue weighted by molar-refractivity contribution is -0.145. The van der Waals surface area contributed by atoms with Crippen LogP contribution in [-0.2, 0) is 16.1 Å². The molecule has 0 saturated heterocycles. The summed E-state index contributed by atoms with van der Waals surface area (Å²) in [6.07, 6.45) is -0.784. The van der Waals surface area contributed by atoms with Gasteiger partial charge in [-0.05, 0) is 17.7 Å². The van der Waals surface area contributed by atoms with Gasteiger partial charge in [0.2, 0.25) is 0 Å². The number of halogens is 2. The lowest BCUT2D eigenvalue weighted by atomic mass is 10.2. The predicted molar refractivity (Wildman–Crippen MR) is 65.4 cm³/mol. The third kappa shape index (κ3) is 5.43. The van der Waals surface area contributed by atoms with E-state index in [1.54, 1.807) is 0 Å². The Balaban J connectivity index is 2.54. The van der Waals surface area contributed by atoms with Crippen LogP contribution in [0.4, 0.5) is 13.6 Å². The van der Waals surface area contributed by atoms with E-state index in [9.17, 15) is 23.2 Å². The van der Waals surface area contributed by atoms with Gasteiger partial charge in [0.1, 0.15) is 6.04 Å². The summed E-state index contributed by atoms with van der Waals surface area (Å²) in [4.78, 5) is 32.6. The zero-order valence-corrected chi connectivity index (χ0v) is 10.6. The summed E-state index contributed by atoms with van der Waals surface area (Å²) in [5, 5.41) is 21.4. The number of amides is 2. The first kappa shape index (κ1) is 16.3. The Kier molecular flexibility index (Phi) is 5.58. The molecule has 0 fully saturated rings. The Morgan fingerprint density at radius 1 is 1.14 bits per heavy atom. The molecule has 1 atom stereocenters. The van der Waals surface area contributed by atoms with E-state index in [0.29, 0.717) is 0 Å². The average Bonchev–Trinajstić information content (AvgIpc) is 2.38. The largest absolute Gasteiger partial charge is 0.481 e. The fourth-order valence-electron chi connectivity index (χ4n) is 1.42. The minimum Gasteiger partial charge on any atom is -0.481 e. The van der Waals surface area contributed by atoms with E-state index in [1.165, 1.54) is 6.07 Å². The van der Waals surface area contributed by atoms with Gasteiger partial charge in [0, 0.05) is 6.54 Å². The second-order valence-electron chi connectivity index (χ2n) is 4.06. The van der Waals surface area contributed by atoms with E-state index in [1.807, 2.05) is 5.32 Å². The summed E-state index contributed by atoms with van der Waals surface area (Å²) in [6.45, 7) is -0.178. The maximum Gasteiger partial charge on any atom is 0.326 e. The molecule has 0 aliphatic heterocycles. The minimum atomic E-state index is -1.59. The van der Waals surface area contributed by atoms with E-state index in [2.05, 4.69) is 5.32 Å². The Morgan fingerprint density at radius 2 is 1.81 bits per heavy atom. The second kappa shape index (κ2) is 7.17. The molecule has 1 aromatic rings. The molecule has 2 amide bonds. The maximum absolute atomic E-state index is 12.9. The number of rotatable bonds is 6. The van der Waals surface area contributed by atoms with Crippen molar-refractivity contribution in [1.82, 2.24) is 10.6 Å². The van der Waals surface area contributed by atoms with Crippen LogP contribution < -0.4 is 10.6 Å². The van der Waals surface area contributed by atoms with Gasteiger partial charge >= 0.3 is 18.0 Å². The van der Waals surface area contributed by atoms with Crippen LogP contribution in [0.3, 0.4) is 0 Å². The highest BCUT2D eigenvalue weighted by atomic mass is 19.2. The zero-order chi connectivity index (χ0) is 16.0. The Morgan fingerprint density at radius 3 is 2.33 bits per heavy atom. The van der Waals surface area contributed by atoms with Crippen molar-refractivity contribution in [3.05, 3.63) is 35.4 Å². The molecule has 21 heavy (non-hydrogen) atoms. The van der Waals surface area contributed by atoms with Crippen molar-refractivity contribution >= 4 is 18.0 Å². The highest BCUT2D eigenvalue weighted by molar-refractivity contribution is 5.86. The molecular weight excluding hydrogens is 290 g/mol. The molecule has 0 unspecified atom stereocenters. The third-order valence-corrected chi connectivity index (χ3v) is 2.42. The fourth-order valence-corrected chi connectivity index (χ4v) is 1.42. The Labute approximate surface area is 117 Å². The summed E-state index contributed by atoms with van der Waals surface area (Å²) >= 11 is 0. The highest BCUT2D eigenvalue weighted by Crippen LogP contribution is 2.08. The molecule has 9 heteroatoms. The number of hydrogen-bond acceptors (Lipinski definition) is 3. The normalized spacial score (nSPS) is 11.5. The monoisotopic (exact) mass is 302 g/mol. The van der Waals surface area contributed by atoms with E-state index in [-0.39, 0.29) is 12.1 Å². The maximum atomic E-state index is 12.9. The van der Waals surface area contributed by atoms with Crippen molar-refractivity contribution in [1.29, 1.82) is 0 Å². The van der Waals surface area contributed by atoms with Gasteiger partial charge < -0.3 is 20.8 Å². The molecule has 0 bridgehead atoms. The standard InChI is InChI=1S/C12H12F2N2O5/c13-7-2-1-6(3-8(7)14)5-15-12(21)16-9(11(19)20)4-10(17)18/h1-3,9H,4-5H2,(H,17,18)(H,19,20)(H2,15,16,21)/t9-/m0/s1. The first-order chi connectivity index (χ1) is 9.79. The van der Waals surface area contributed by atoms with Gasteiger partial charge in [0.25, 0.3) is 0 Å². The van der Waals surface area contributed by atoms with Crippen LogP contribution in [-0.4, -0.2) is 34.2 Å². The van der Waals surface area contributed by atoms with Gasteiger partial charge in [0.05, 0.1) is 6.42 Å². The van der Waals surface area contributed by atoms with Crippen molar-refractivity contribution in [3.63, 3.8) is 0 Å². The van der Waals surface area contributed by atoms with Gasteiger partial charge in [-0.25, -0.2) is 18.4 Å². The van der Waals surface area contributed by atoms with Crippen molar-refractivity contribution in [2.24, 2.45) is 0 Å². The van der Waals surface area contributed by atoms with Gasteiger partial charge in [-0.15, -0.1) is 0 Å². The van der Waals surface area contributed by atoms with Crippen LogP contribution in [0.2, 0.25) is 0 Å². The van der Waals surface area contributed by atoms with Crippen molar-refractivity contribution in [2.45, 2.75) is 19.0 Å². The number of nitrogens with one attached hydrogen (secondary N) is 2. The van der Waals surface area contributed by atoms with Gasteiger partial charge in [0.15, 0.2) is 11.6 Å². The summed E-state index contributed by atoms with van der Waals surface area (Å²) in [5.74, 6) is -5.00. The van der Waals surface area contributed by atoms with Gasteiger partial charge in [-0.1, -0.05) is 6.07 Å². The van der Waals surface area contributed by atoms with Crippen LogP contribution in [0.1, 0.15) is 12.0 Å². The number of carboxylic acid groups (broad SMARTS) is 2. The Hall–Kier alpha value is -2.71. The molecule has 1 rings (SSSR count). The van der Waals surface area contributed by atoms with Crippen molar-refractivity contribution < 1.29 is 33.4 Å². The molecular formula is C12H12F2N2O5. The van der Waals surface area contributed by atoms with Crippen LogP contribution in [0.25, 0.3) is 0 Å². The molecule has 0 aliphatic rings. The molecule has 0 spiro atoms. The zero-order valence-electron chi connectivity index (χ0n) is 10.6. The number of hydrogen-bond donors (Lipinski definition) is 4. The summed E-state index contributed by atoms with van der Waals surface area (Å²) in [6, 6.07) is 0.474. The molecule has 1 aromatic carbocycles. The number of carbonyl (C=O) groups excluding carboxylic acids is 1. The molecule has 7 nitrogen and oxygen atoms in total. The van der Waals surface area contributed by atoms with Crippen LogP contribution in [0.15, 0.2) is 18.2 Å². The molecule has 0 radical (unpaired) electrons. The first-order valence-corrected chi connectivity index (χ1v) is 5.72. The number of carbonyl (C=O) groups is 3. The smallest absolute Gasteiger partial charge is 0.326 e. The fraction of sp³-hybridized carbons (Fsp3) is 0.250. The van der Waals surface area contributed by atoms with Crippen molar-refractivity contribution in [2.75, 3.05) is 0 Å². The predicted octanol–water partition coefficient (Wildman–Crippen LogP) is 0.692. The van der Waals surface area contributed by atoms with Crippen molar-refractivity contribution in [3.8, 4) is 0 Å². The first-order valence-electron chi connectivity index (χ1n) is 5.72. The topological polar surface area (TPSA) is 116 Å². The highest BCUT2D eigenvalue weighted by Gasteiger charge is 2.22. The third-order valence-electron chi connectivity index (χ3n) is 2.42. The number of urea groups is 1. The van der Waals surface area contributed by atoms with Gasteiger partial charge in [-0.2, -0.15) is 0 Å². The molecule has 0 saturated carbocycles. The van der Waals surface area contributed by atoms with Crippen LogP contribution in [0, 0.1) is 11.6 Å². The number of aliphatic carboxylic acids is 2. The molecule has 4 N–H and O–H groups in total. The number of benzene rings is 1. The number of carboxylic acids is 2. The summed E-state index contributed by atoms with van der Waals surface area (Å²) < 4.78 is 25.6. The second-order valence-corrected chi connectivity index (χ2v) is 4.06. The molecule has 0 aromatic heterocycles. The van der Waals surface area contributed by atoms with E-state index >= 15 is 0 Å². The SMILES string of the molecule is O=C(O)C[C@H](NC(=O)NCc1ccc(F)c(F)c1)C(=O)O. The van der Waals surface area contributed by atoms with E-state index in [4.69, 9.17) is 10.2 Å². The quantitative estimate of drug-likeness (QED) is 0.617. The minimum absolute atomic E-state index is 0.178. The molecule has 0 heterocycles. The van der Waals surface area contributed by atoms with E-state index in [0.717, 1.165) is 12.1 Å². The Bertz CT molecular complexity index is 565. The van der Waals surface area contributed by atoms with E-state index < -0.39 is 42.1 Å². The molecule has 0 aliphatic carbocycles. The summed E-state index contributed by atoms with van der Waals surface area (Å²) in [7, 11) is 0. The average molecular weight is 302 g/mol. The summed E-state index contributed by atoms with van der Waals surface area (Å²) in [5.41, 5.74) is 0.258. The van der Waals surface area contributed by atoms with Crippen LogP contribution in [0.5, 0.6) is 0 Å². The molecule has 114 valence electrons.